The minimum Gasteiger partial charge on any atom is -0.508 e. The first kappa shape index (κ1) is 22.5. The lowest BCUT2D eigenvalue weighted by Crippen LogP contribution is -2.01. The van der Waals surface area contributed by atoms with E-state index in [-0.39, 0.29) is 5.75 Å². The van der Waals surface area contributed by atoms with E-state index in [4.69, 9.17) is 9.47 Å². The molecule has 4 heteroatoms. The van der Waals surface area contributed by atoms with Crippen molar-refractivity contribution in [3.8, 4) is 17.2 Å². The van der Waals surface area contributed by atoms with Gasteiger partial charge >= 0.3 is 0 Å². The summed E-state index contributed by atoms with van der Waals surface area (Å²) in [6.45, 7) is 4.43. The number of carbonyl (C=O) groups is 1. The van der Waals surface area contributed by atoms with Gasteiger partial charge in [-0.2, -0.15) is 0 Å². The predicted octanol–water partition coefficient (Wildman–Crippen LogP) is 6.22. The zero-order valence-corrected chi connectivity index (χ0v) is 17.9. The van der Waals surface area contributed by atoms with Crippen molar-refractivity contribution in [3.05, 3.63) is 53.1 Å². The van der Waals surface area contributed by atoms with Crippen molar-refractivity contribution in [2.45, 2.75) is 51.9 Å². The van der Waals surface area contributed by atoms with Crippen molar-refractivity contribution in [1.82, 2.24) is 0 Å². The van der Waals surface area contributed by atoms with Crippen LogP contribution in [0.25, 0.3) is 11.6 Å². The first-order valence-electron chi connectivity index (χ1n) is 10.3. The van der Waals surface area contributed by atoms with Crippen molar-refractivity contribution < 1.29 is 19.4 Å². The van der Waals surface area contributed by atoms with Crippen LogP contribution < -0.4 is 9.47 Å². The smallest absolute Gasteiger partial charge is 0.150 e. The second-order valence-corrected chi connectivity index (χ2v) is 7.20. The molecule has 0 aliphatic carbocycles. The van der Waals surface area contributed by atoms with Crippen LogP contribution in [0, 0.1) is 0 Å². The summed E-state index contributed by atoms with van der Waals surface area (Å²) in [7, 11) is 3.16. The maximum atomic E-state index is 11.9. The van der Waals surface area contributed by atoms with Gasteiger partial charge in [0.1, 0.15) is 17.2 Å². The zero-order valence-electron chi connectivity index (χ0n) is 17.9. The Balaban J connectivity index is 2.40. The maximum absolute atomic E-state index is 11.9. The molecule has 0 aliphatic rings. The summed E-state index contributed by atoms with van der Waals surface area (Å²) in [4.78, 5) is 11.9. The van der Waals surface area contributed by atoms with Crippen LogP contribution in [0.2, 0.25) is 0 Å². The molecule has 0 fully saturated rings. The van der Waals surface area contributed by atoms with Crippen LogP contribution in [0.4, 0.5) is 0 Å². The van der Waals surface area contributed by atoms with Crippen LogP contribution >= 0.6 is 0 Å². The Bertz CT molecular complexity index is 839. The van der Waals surface area contributed by atoms with Gasteiger partial charge in [-0.05, 0) is 48.6 Å². The number of hydrogen-bond acceptors (Lipinski definition) is 4. The van der Waals surface area contributed by atoms with Crippen LogP contribution in [-0.2, 0) is 4.79 Å². The molecule has 0 amide bonds. The quantitative estimate of drug-likeness (QED) is 0.212. The van der Waals surface area contributed by atoms with E-state index in [0.29, 0.717) is 28.6 Å². The molecule has 0 saturated carbocycles. The normalized spacial score (nSPS) is 12.5. The number of phenolic OH excluding ortho intramolecular Hbond substituents is 1. The Hall–Kier alpha value is -2.75. The minimum atomic E-state index is 0.113. The lowest BCUT2D eigenvalue weighted by molar-refractivity contribution is -0.103. The molecule has 29 heavy (non-hydrogen) atoms. The average molecular weight is 397 g/mol. The largest absolute Gasteiger partial charge is 0.508 e. The van der Waals surface area contributed by atoms with E-state index in [1.165, 1.54) is 38.0 Å². The molecule has 0 bridgehead atoms. The molecule has 2 aromatic carbocycles. The number of unbranched alkanes of at least 4 members (excludes halogenated alkanes) is 2. The van der Waals surface area contributed by atoms with Gasteiger partial charge in [0, 0.05) is 22.8 Å². The summed E-state index contributed by atoms with van der Waals surface area (Å²) in [5, 5.41) is 9.65. The number of aromatic hydroxyl groups is 1. The highest BCUT2D eigenvalue weighted by Crippen LogP contribution is 2.34. The summed E-state index contributed by atoms with van der Waals surface area (Å²) in [6.07, 6.45) is 8.50. The van der Waals surface area contributed by atoms with Crippen molar-refractivity contribution in [3.63, 3.8) is 0 Å². The van der Waals surface area contributed by atoms with Gasteiger partial charge in [0.2, 0.25) is 0 Å². The Morgan fingerprint density at radius 1 is 1.03 bits per heavy atom. The van der Waals surface area contributed by atoms with Gasteiger partial charge in [-0.15, -0.1) is 0 Å². The van der Waals surface area contributed by atoms with Crippen LogP contribution in [0.3, 0.4) is 0 Å². The molecule has 0 aromatic heterocycles. The molecule has 1 atom stereocenters. The van der Waals surface area contributed by atoms with Gasteiger partial charge < -0.3 is 14.6 Å². The topological polar surface area (TPSA) is 55.8 Å². The van der Waals surface area contributed by atoms with Crippen molar-refractivity contribution in [1.29, 1.82) is 0 Å². The fraction of sp³-hybridized carbons (Fsp3) is 0.400. The van der Waals surface area contributed by atoms with E-state index in [2.05, 4.69) is 26.0 Å². The number of rotatable bonds is 11. The van der Waals surface area contributed by atoms with Gasteiger partial charge in [0.25, 0.3) is 0 Å². The number of aldehydes is 1. The summed E-state index contributed by atoms with van der Waals surface area (Å²) >= 11 is 0. The molecular formula is C25H32O4. The average Bonchev–Trinajstić information content (AvgIpc) is 2.75. The second-order valence-electron chi connectivity index (χ2n) is 7.20. The Morgan fingerprint density at radius 3 is 2.41 bits per heavy atom. The van der Waals surface area contributed by atoms with E-state index >= 15 is 0 Å². The summed E-state index contributed by atoms with van der Waals surface area (Å²) in [5.74, 6) is 1.79. The number of benzene rings is 2. The highest BCUT2D eigenvalue weighted by atomic mass is 16.5. The molecule has 0 aliphatic heterocycles. The fourth-order valence-corrected chi connectivity index (χ4v) is 3.61. The highest BCUT2D eigenvalue weighted by Gasteiger charge is 2.15. The van der Waals surface area contributed by atoms with E-state index in [1.54, 1.807) is 25.3 Å². The van der Waals surface area contributed by atoms with Crippen LogP contribution in [0.15, 0.2) is 36.4 Å². The number of carbonyl (C=O) groups excluding carboxylic acids is 1. The Labute approximate surface area is 174 Å². The van der Waals surface area contributed by atoms with Crippen molar-refractivity contribution in [2.75, 3.05) is 14.2 Å². The van der Waals surface area contributed by atoms with Crippen molar-refractivity contribution in [2.24, 2.45) is 0 Å². The molecule has 4 nitrogen and oxygen atoms in total. The van der Waals surface area contributed by atoms with Gasteiger partial charge in [-0.1, -0.05) is 45.2 Å². The highest BCUT2D eigenvalue weighted by molar-refractivity contribution is 6.14. The Kier molecular flexibility index (Phi) is 8.78. The van der Waals surface area contributed by atoms with Gasteiger partial charge in [0.05, 0.1) is 14.2 Å². The van der Waals surface area contributed by atoms with E-state index in [0.717, 1.165) is 24.7 Å². The first-order chi connectivity index (χ1) is 14.1. The van der Waals surface area contributed by atoms with E-state index in [1.807, 2.05) is 6.07 Å². The summed E-state index contributed by atoms with van der Waals surface area (Å²) in [5.41, 5.74) is 3.20. The fourth-order valence-electron chi connectivity index (χ4n) is 3.61. The molecular weight excluding hydrogens is 364 g/mol. The van der Waals surface area contributed by atoms with Crippen LogP contribution in [0.1, 0.15) is 68.6 Å². The van der Waals surface area contributed by atoms with Crippen LogP contribution in [0.5, 0.6) is 17.2 Å². The second kappa shape index (κ2) is 11.3. The molecule has 0 heterocycles. The molecule has 2 aromatic rings. The molecule has 1 unspecified atom stereocenters. The third-order valence-electron chi connectivity index (χ3n) is 5.31. The number of phenols is 1. The molecule has 2 rings (SSSR count). The summed E-state index contributed by atoms with van der Waals surface area (Å²) < 4.78 is 11.0. The minimum absolute atomic E-state index is 0.113. The molecule has 0 saturated heterocycles. The third kappa shape index (κ3) is 5.86. The first-order valence-corrected chi connectivity index (χ1v) is 10.3. The number of ether oxygens (including phenoxy) is 2. The maximum Gasteiger partial charge on any atom is 0.150 e. The number of hydrogen-bond donors (Lipinski definition) is 1. The lowest BCUT2D eigenvalue weighted by Gasteiger charge is -2.18. The molecule has 0 radical (unpaired) electrons. The predicted molar refractivity (Wildman–Crippen MR) is 119 cm³/mol. The van der Waals surface area contributed by atoms with Gasteiger partial charge in [-0.25, -0.2) is 0 Å². The monoisotopic (exact) mass is 396 g/mol. The Morgan fingerprint density at radius 2 is 1.79 bits per heavy atom. The molecule has 156 valence electrons. The molecule has 0 spiro atoms. The lowest BCUT2D eigenvalue weighted by atomic mass is 9.89. The number of methoxy groups -OCH3 is 2. The summed E-state index contributed by atoms with van der Waals surface area (Å²) in [6, 6.07) is 10.9. The third-order valence-corrected chi connectivity index (χ3v) is 5.31. The SMILES string of the molecule is CCCCCC(CC)c1ccc(/C(C=O)=C/c2ccc(O)cc2OC)c(OC)c1. The van der Waals surface area contributed by atoms with Crippen LogP contribution in [-0.4, -0.2) is 25.6 Å². The van der Waals surface area contributed by atoms with Gasteiger partial charge in [0.15, 0.2) is 6.29 Å². The standard InChI is InChI=1S/C25H32O4/c1-5-7-8-9-18(6-2)19-11-13-23(25(15-19)29-4)21(17-26)14-20-10-12-22(27)16-24(20)28-3/h10-18,27H,5-9H2,1-4H3/b21-14+. The molecule has 1 N–H and O–H groups in total. The van der Waals surface area contributed by atoms with E-state index < -0.39 is 0 Å². The number of allylic oxidation sites excluding steroid dienone is 1. The van der Waals surface area contributed by atoms with Crippen molar-refractivity contribution >= 4 is 17.9 Å². The zero-order chi connectivity index (χ0) is 21.2. The van der Waals surface area contributed by atoms with E-state index in [9.17, 15) is 9.90 Å². The van der Waals surface area contributed by atoms with Gasteiger partial charge in [-0.3, -0.25) is 4.79 Å².